The Kier molecular flexibility index (Phi) is 7.56. The summed E-state index contributed by atoms with van der Waals surface area (Å²) in [5.74, 6) is 0.744. The molecule has 3 rings (SSSR count). The van der Waals surface area contributed by atoms with Gasteiger partial charge in [-0.3, -0.25) is 0 Å². The molecule has 0 fully saturated rings. The first-order valence-corrected chi connectivity index (χ1v) is 8.78. The van der Waals surface area contributed by atoms with Gasteiger partial charge in [-0.1, -0.05) is 59.6 Å². The zero-order chi connectivity index (χ0) is 17.8. The average molecular weight is 413 g/mol. The molecule has 0 amide bonds. The third-order valence-corrected chi connectivity index (χ3v) is 4.68. The Morgan fingerprint density at radius 3 is 2.54 bits per heavy atom. The highest BCUT2D eigenvalue weighted by Crippen LogP contribution is 2.30. The van der Waals surface area contributed by atoms with Gasteiger partial charge in [-0.2, -0.15) is 0 Å². The predicted octanol–water partition coefficient (Wildman–Crippen LogP) is 5.01. The van der Waals surface area contributed by atoms with E-state index in [9.17, 15) is 5.11 Å². The van der Waals surface area contributed by atoms with E-state index < -0.39 is 0 Å². The van der Waals surface area contributed by atoms with Crippen molar-refractivity contribution in [3.8, 4) is 5.75 Å². The number of benzene rings is 3. The number of halogens is 3. The molecule has 0 saturated heterocycles. The second-order valence-corrected chi connectivity index (χ2v) is 6.78. The van der Waals surface area contributed by atoms with Crippen LogP contribution in [-0.2, 0) is 13.0 Å². The number of hydrogen-bond donors (Lipinski definition) is 2. The fourth-order valence-electron chi connectivity index (χ4n) is 2.78. The molecule has 26 heavy (non-hydrogen) atoms. The lowest BCUT2D eigenvalue weighted by Crippen LogP contribution is -2.27. The highest BCUT2D eigenvalue weighted by molar-refractivity contribution is 6.35. The Bertz CT molecular complexity index is 886. The third-order valence-electron chi connectivity index (χ3n) is 4.10. The smallest absolute Gasteiger partial charge is 0.123 e. The minimum Gasteiger partial charge on any atom is -0.489 e. The fourth-order valence-corrected chi connectivity index (χ4v) is 3.25. The molecule has 3 aromatic rings. The van der Waals surface area contributed by atoms with Gasteiger partial charge in [-0.05, 0) is 35.4 Å². The van der Waals surface area contributed by atoms with Gasteiger partial charge in [0, 0.05) is 27.2 Å². The molecular weight excluding hydrogens is 393 g/mol. The minimum atomic E-state index is -0.340. The second-order valence-electron chi connectivity index (χ2n) is 5.93. The first kappa shape index (κ1) is 20.8. The first-order valence-electron chi connectivity index (χ1n) is 8.02. The maximum atomic E-state index is 9.33. The maximum absolute atomic E-state index is 9.33. The van der Waals surface area contributed by atoms with Crippen LogP contribution in [0, 0.1) is 0 Å². The van der Waals surface area contributed by atoms with Gasteiger partial charge in [0.15, 0.2) is 0 Å². The quantitative estimate of drug-likeness (QED) is 0.598. The van der Waals surface area contributed by atoms with E-state index in [0.717, 1.165) is 27.6 Å². The van der Waals surface area contributed by atoms with Crippen LogP contribution in [0.4, 0.5) is 0 Å². The van der Waals surface area contributed by atoms with Crippen LogP contribution >= 0.6 is 35.6 Å². The zero-order valence-electron chi connectivity index (χ0n) is 14.0. The number of aliphatic hydroxyl groups excluding tert-OH is 1. The summed E-state index contributed by atoms with van der Waals surface area (Å²) in [5, 5.41) is 12.7. The molecule has 0 saturated carbocycles. The Labute approximate surface area is 169 Å². The van der Waals surface area contributed by atoms with E-state index in [-0.39, 0.29) is 25.1 Å². The molecule has 0 spiro atoms. The van der Waals surface area contributed by atoms with E-state index in [1.807, 2.05) is 42.5 Å². The zero-order valence-corrected chi connectivity index (χ0v) is 16.3. The van der Waals surface area contributed by atoms with Gasteiger partial charge in [0.2, 0.25) is 0 Å². The fraction of sp³-hybridized carbons (Fsp3) is 0.200. The lowest BCUT2D eigenvalue weighted by atomic mass is 9.98. The van der Waals surface area contributed by atoms with Gasteiger partial charge in [-0.25, -0.2) is 0 Å². The normalized spacial score (nSPS) is 11.8. The first-order chi connectivity index (χ1) is 12.1. The molecule has 0 aliphatic carbocycles. The summed E-state index contributed by atoms with van der Waals surface area (Å²) in [6, 6.07) is 17.0. The minimum absolute atomic E-state index is 0. The van der Waals surface area contributed by atoms with Crippen LogP contribution in [0.5, 0.6) is 5.75 Å². The Balaban J connectivity index is 0.00000243. The van der Waals surface area contributed by atoms with E-state index in [4.69, 9.17) is 33.7 Å². The Morgan fingerprint density at radius 2 is 1.81 bits per heavy atom. The van der Waals surface area contributed by atoms with Crippen LogP contribution in [-0.4, -0.2) is 17.8 Å². The number of hydrogen-bond acceptors (Lipinski definition) is 3. The van der Waals surface area contributed by atoms with Crippen LogP contribution in [0.3, 0.4) is 0 Å². The predicted molar refractivity (Wildman–Crippen MR) is 111 cm³/mol. The Morgan fingerprint density at radius 1 is 1.04 bits per heavy atom. The molecule has 0 bridgehead atoms. The maximum Gasteiger partial charge on any atom is 0.123 e. The topological polar surface area (TPSA) is 55.5 Å². The molecule has 6 heteroatoms. The summed E-state index contributed by atoms with van der Waals surface area (Å²) < 4.78 is 6.03. The van der Waals surface area contributed by atoms with Crippen molar-refractivity contribution in [2.75, 3.05) is 6.61 Å². The molecule has 1 atom stereocenters. The summed E-state index contributed by atoms with van der Waals surface area (Å²) in [6.45, 7) is 0.251. The molecule has 0 aromatic heterocycles. The van der Waals surface area contributed by atoms with Crippen LogP contribution in [0.25, 0.3) is 10.8 Å². The molecular formula is C20H20Cl3NO2. The van der Waals surface area contributed by atoms with Gasteiger partial charge in [0.25, 0.3) is 0 Å². The SMILES string of the molecule is Cl.NC(CO)Cc1c(OCc2ccc(Cl)cc2Cl)ccc2ccccc12. The highest BCUT2D eigenvalue weighted by Gasteiger charge is 2.13. The van der Waals surface area contributed by atoms with E-state index in [0.29, 0.717) is 23.1 Å². The van der Waals surface area contributed by atoms with Gasteiger partial charge >= 0.3 is 0 Å². The molecule has 3 aromatic carbocycles. The van der Waals surface area contributed by atoms with Crippen molar-refractivity contribution in [3.05, 3.63) is 75.8 Å². The van der Waals surface area contributed by atoms with Crippen molar-refractivity contribution in [2.45, 2.75) is 19.1 Å². The van der Waals surface area contributed by atoms with Crippen LogP contribution in [0.15, 0.2) is 54.6 Å². The molecule has 1 unspecified atom stereocenters. The highest BCUT2D eigenvalue weighted by atomic mass is 35.5. The molecule has 0 aliphatic rings. The van der Waals surface area contributed by atoms with E-state index in [2.05, 4.69) is 0 Å². The number of ether oxygens (including phenoxy) is 1. The lowest BCUT2D eigenvalue weighted by Gasteiger charge is -2.17. The van der Waals surface area contributed by atoms with Crippen LogP contribution < -0.4 is 10.5 Å². The van der Waals surface area contributed by atoms with Crippen molar-refractivity contribution >= 4 is 46.4 Å². The van der Waals surface area contributed by atoms with Gasteiger partial charge < -0.3 is 15.6 Å². The van der Waals surface area contributed by atoms with Crippen molar-refractivity contribution in [3.63, 3.8) is 0 Å². The van der Waals surface area contributed by atoms with Gasteiger partial charge in [-0.15, -0.1) is 12.4 Å². The van der Waals surface area contributed by atoms with Crippen LogP contribution in [0.2, 0.25) is 10.0 Å². The average Bonchev–Trinajstić information content (AvgIpc) is 2.62. The van der Waals surface area contributed by atoms with E-state index >= 15 is 0 Å². The molecule has 3 nitrogen and oxygen atoms in total. The van der Waals surface area contributed by atoms with Crippen molar-refractivity contribution in [2.24, 2.45) is 5.73 Å². The number of nitrogens with two attached hydrogens (primary N) is 1. The number of aliphatic hydroxyl groups is 1. The van der Waals surface area contributed by atoms with Crippen molar-refractivity contribution in [1.82, 2.24) is 0 Å². The lowest BCUT2D eigenvalue weighted by molar-refractivity contribution is 0.262. The molecule has 0 aliphatic heterocycles. The molecule has 3 N–H and O–H groups in total. The van der Waals surface area contributed by atoms with Crippen molar-refractivity contribution in [1.29, 1.82) is 0 Å². The number of fused-ring (bicyclic) bond motifs is 1. The van der Waals surface area contributed by atoms with E-state index in [1.54, 1.807) is 12.1 Å². The molecule has 0 heterocycles. The second kappa shape index (κ2) is 9.45. The summed E-state index contributed by atoms with van der Waals surface area (Å²) in [7, 11) is 0. The summed E-state index contributed by atoms with van der Waals surface area (Å²) in [6.07, 6.45) is 0.529. The van der Waals surface area contributed by atoms with E-state index in [1.165, 1.54) is 0 Å². The third kappa shape index (κ3) is 4.81. The summed E-state index contributed by atoms with van der Waals surface area (Å²) >= 11 is 12.2. The molecule has 0 radical (unpaired) electrons. The largest absolute Gasteiger partial charge is 0.489 e. The van der Waals surface area contributed by atoms with Crippen molar-refractivity contribution < 1.29 is 9.84 Å². The molecule has 138 valence electrons. The van der Waals surface area contributed by atoms with Crippen LogP contribution in [0.1, 0.15) is 11.1 Å². The Hall–Kier alpha value is -1.49. The monoisotopic (exact) mass is 411 g/mol. The summed E-state index contributed by atoms with van der Waals surface area (Å²) in [5.41, 5.74) is 7.82. The van der Waals surface area contributed by atoms with Gasteiger partial charge in [0.1, 0.15) is 12.4 Å². The standard InChI is InChI=1S/C20H19Cl2NO2.ClH/c21-15-7-5-14(19(22)9-15)12-25-20-8-6-13-3-1-2-4-17(13)18(20)10-16(23)11-24;/h1-9,16,24H,10-12,23H2;1H. The number of rotatable bonds is 6. The summed E-state index contributed by atoms with van der Waals surface area (Å²) in [4.78, 5) is 0. The van der Waals surface area contributed by atoms with Gasteiger partial charge in [0.05, 0.1) is 6.61 Å².